The predicted octanol–water partition coefficient (Wildman–Crippen LogP) is 3.83. The van der Waals surface area contributed by atoms with Crippen LogP contribution in [0.5, 0.6) is 0 Å². The lowest BCUT2D eigenvalue weighted by Crippen LogP contribution is -2.38. The Hall–Kier alpha value is -1.51. The zero-order valence-corrected chi connectivity index (χ0v) is 12.9. The molecule has 110 valence electrons. The standard InChI is InChI=1S/C17H26N2O/c1-4-18-16-12-13(2)10-11-15(16)17(20)19(3)14-8-6-5-7-9-14/h10-12,14,18H,4-9H2,1-3H3. The van der Waals surface area contributed by atoms with Gasteiger partial charge in [0.15, 0.2) is 0 Å². The number of anilines is 1. The Labute approximate surface area is 122 Å². The molecule has 0 unspecified atom stereocenters. The molecule has 0 heterocycles. The molecule has 1 aromatic rings. The third kappa shape index (κ3) is 3.33. The fourth-order valence-electron chi connectivity index (χ4n) is 3.01. The van der Waals surface area contributed by atoms with Crippen molar-refractivity contribution in [1.29, 1.82) is 0 Å². The minimum absolute atomic E-state index is 0.146. The van der Waals surface area contributed by atoms with E-state index in [2.05, 4.69) is 25.2 Å². The molecule has 1 aromatic carbocycles. The fraction of sp³-hybridized carbons (Fsp3) is 0.588. The number of hydrogen-bond donors (Lipinski definition) is 1. The van der Waals surface area contributed by atoms with Gasteiger partial charge in [-0.1, -0.05) is 25.3 Å². The number of benzene rings is 1. The molecule has 1 aliphatic carbocycles. The van der Waals surface area contributed by atoms with Gasteiger partial charge in [-0.25, -0.2) is 0 Å². The Morgan fingerprint density at radius 3 is 2.65 bits per heavy atom. The van der Waals surface area contributed by atoms with E-state index < -0.39 is 0 Å². The minimum atomic E-state index is 0.146. The Balaban J connectivity index is 2.18. The van der Waals surface area contributed by atoms with Crippen LogP contribution >= 0.6 is 0 Å². The summed E-state index contributed by atoms with van der Waals surface area (Å²) < 4.78 is 0. The summed E-state index contributed by atoms with van der Waals surface area (Å²) in [6.07, 6.45) is 6.09. The van der Waals surface area contributed by atoms with Gasteiger partial charge in [0.1, 0.15) is 0 Å². The molecule has 1 fully saturated rings. The van der Waals surface area contributed by atoms with Crippen LogP contribution in [-0.2, 0) is 0 Å². The van der Waals surface area contributed by atoms with Gasteiger partial charge in [0, 0.05) is 25.3 Å². The Morgan fingerprint density at radius 1 is 1.30 bits per heavy atom. The summed E-state index contributed by atoms with van der Waals surface area (Å²) in [6, 6.07) is 6.44. The zero-order valence-electron chi connectivity index (χ0n) is 12.9. The predicted molar refractivity (Wildman–Crippen MR) is 84.3 cm³/mol. The van der Waals surface area contributed by atoms with Gasteiger partial charge in [-0.2, -0.15) is 0 Å². The lowest BCUT2D eigenvalue weighted by molar-refractivity contribution is 0.0697. The van der Waals surface area contributed by atoms with Gasteiger partial charge in [-0.15, -0.1) is 0 Å². The highest BCUT2D eigenvalue weighted by Crippen LogP contribution is 2.25. The number of nitrogens with zero attached hydrogens (tertiary/aromatic N) is 1. The number of hydrogen-bond acceptors (Lipinski definition) is 2. The van der Waals surface area contributed by atoms with E-state index in [0.29, 0.717) is 6.04 Å². The van der Waals surface area contributed by atoms with Crippen molar-refractivity contribution < 1.29 is 4.79 Å². The zero-order chi connectivity index (χ0) is 14.5. The summed E-state index contributed by atoms with van der Waals surface area (Å²) in [5.41, 5.74) is 2.93. The van der Waals surface area contributed by atoms with E-state index in [0.717, 1.165) is 30.6 Å². The van der Waals surface area contributed by atoms with Crippen molar-refractivity contribution in [1.82, 2.24) is 4.90 Å². The summed E-state index contributed by atoms with van der Waals surface area (Å²) in [5, 5.41) is 3.31. The molecular formula is C17H26N2O. The SMILES string of the molecule is CCNc1cc(C)ccc1C(=O)N(C)C1CCCCC1. The Bertz CT molecular complexity index is 464. The van der Waals surface area contributed by atoms with Gasteiger partial charge in [0.2, 0.25) is 0 Å². The van der Waals surface area contributed by atoms with Crippen molar-refractivity contribution in [2.45, 2.75) is 52.0 Å². The van der Waals surface area contributed by atoms with Gasteiger partial charge in [0.25, 0.3) is 5.91 Å². The molecule has 0 saturated heterocycles. The molecule has 1 aliphatic rings. The van der Waals surface area contributed by atoms with Crippen LogP contribution in [0.3, 0.4) is 0 Å². The molecule has 0 aromatic heterocycles. The van der Waals surface area contributed by atoms with Crippen molar-refractivity contribution in [3.63, 3.8) is 0 Å². The topological polar surface area (TPSA) is 32.3 Å². The molecule has 0 spiro atoms. The number of aryl methyl sites for hydroxylation is 1. The first kappa shape index (κ1) is 14.9. The third-order valence-corrected chi connectivity index (χ3v) is 4.22. The molecule has 3 nitrogen and oxygen atoms in total. The molecule has 0 bridgehead atoms. The largest absolute Gasteiger partial charge is 0.385 e. The molecule has 20 heavy (non-hydrogen) atoms. The number of carbonyl (C=O) groups excluding carboxylic acids is 1. The van der Waals surface area contributed by atoms with Crippen LogP contribution in [0.1, 0.15) is 54.9 Å². The summed E-state index contributed by atoms with van der Waals surface area (Å²) in [7, 11) is 1.95. The van der Waals surface area contributed by atoms with E-state index in [-0.39, 0.29) is 5.91 Å². The molecule has 0 aliphatic heterocycles. The quantitative estimate of drug-likeness (QED) is 0.905. The number of amides is 1. The normalized spacial score (nSPS) is 15.9. The van der Waals surface area contributed by atoms with Gasteiger partial charge >= 0.3 is 0 Å². The lowest BCUT2D eigenvalue weighted by Gasteiger charge is -2.31. The third-order valence-electron chi connectivity index (χ3n) is 4.22. The molecule has 1 N–H and O–H groups in total. The van der Waals surface area contributed by atoms with Gasteiger partial charge in [0.05, 0.1) is 5.56 Å². The first-order chi connectivity index (χ1) is 9.63. The van der Waals surface area contributed by atoms with E-state index in [9.17, 15) is 4.79 Å². The smallest absolute Gasteiger partial charge is 0.255 e. The molecule has 2 rings (SSSR count). The van der Waals surface area contributed by atoms with Crippen LogP contribution in [0.2, 0.25) is 0 Å². The van der Waals surface area contributed by atoms with E-state index in [4.69, 9.17) is 0 Å². The van der Waals surface area contributed by atoms with Gasteiger partial charge in [-0.3, -0.25) is 4.79 Å². The number of carbonyl (C=O) groups is 1. The first-order valence-corrected chi connectivity index (χ1v) is 7.75. The Kier molecular flexibility index (Phi) is 5.05. The second kappa shape index (κ2) is 6.78. The average Bonchev–Trinajstić information content (AvgIpc) is 2.47. The van der Waals surface area contributed by atoms with Crippen LogP contribution in [0.4, 0.5) is 5.69 Å². The average molecular weight is 274 g/mol. The second-order valence-electron chi connectivity index (χ2n) is 5.79. The van der Waals surface area contributed by atoms with Crippen molar-refractivity contribution in [3.05, 3.63) is 29.3 Å². The van der Waals surface area contributed by atoms with E-state index in [1.54, 1.807) is 0 Å². The molecule has 1 amide bonds. The van der Waals surface area contributed by atoms with Crippen LogP contribution in [0, 0.1) is 6.92 Å². The highest BCUT2D eigenvalue weighted by molar-refractivity contribution is 5.99. The van der Waals surface area contributed by atoms with Crippen molar-refractivity contribution >= 4 is 11.6 Å². The van der Waals surface area contributed by atoms with Crippen molar-refractivity contribution in [2.75, 3.05) is 18.9 Å². The lowest BCUT2D eigenvalue weighted by atomic mass is 9.94. The molecular weight excluding hydrogens is 248 g/mol. The van der Waals surface area contributed by atoms with Crippen LogP contribution < -0.4 is 5.32 Å². The van der Waals surface area contributed by atoms with Crippen LogP contribution in [-0.4, -0.2) is 30.4 Å². The summed E-state index contributed by atoms with van der Waals surface area (Å²) >= 11 is 0. The molecule has 0 radical (unpaired) electrons. The van der Waals surface area contributed by atoms with Crippen LogP contribution in [0.25, 0.3) is 0 Å². The maximum Gasteiger partial charge on any atom is 0.255 e. The monoisotopic (exact) mass is 274 g/mol. The summed E-state index contributed by atoms with van der Waals surface area (Å²) in [5.74, 6) is 0.146. The Morgan fingerprint density at radius 2 is 2.00 bits per heavy atom. The molecule has 3 heteroatoms. The fourth-order valence-corrected chi connectivity index (χ4v) is 3.01. The second-order valence-corrected chi connectivity index (χ2v) is 5.79. The highest BCUT2D eigenvalue weighted by Gasteiger charge is 2.24. The summed E-state index contributed by atoms with van der Waals surface area (Å²) in [4.78, 5) is 14.7. The van der Waals surface area contributed by atoms with Gasteiger partial charge < -0.3 is 10.2 Å². The van der Waals surface area contributed by atoms with Crippen LogP contribution in [0.15, 0.2) is 18.2 Å². The van der Waals surface area contributed by atoms with E-state index in [1.807, 2.05) is 24.1 Å². The number of rotatable bonds is 4. The van der Waals surface area contributed by atoms with E-state index >= 15 is 0 Å². The maximum absolute atomic E-state index is 12.7. The first-order valence-electron chi connectivity index (χ1n) is 7.75. The molecule has 1 saturated carbocycles. The highest BCUT2D eigenvalue weighted by atomic mass is 16.2. The van der Waals surface area contributed by atoms with E-state index in [1.165, 1.54) is 24.8 Å². The number of nitrogens with one attached hydrogen (secondary N) is 1. The maximum atomic E-state index is 12.7. The van der Waals surface area contributed by atoms with Crippen molar-refractivity contribution in [3.8, 4) is 0 Å². The minimum Gasteiger partial charge on any atom is -0.385 e. The van der Waals surface area contributed by atoms with Crippen molar-refractivity contribution in [2.24, 2.45) is 0 Å². The molecule has 0 atom stereocenters. The summed E-state index contributed by atoms with van der Waals surface area (Å²) in [6.45, 7) is 4.94. The van der Waals surface area contributed by atoms with Gasteiger partial charge in [-0.05, 0) is 44.4 Å².